The highest BCUT2D eigenvalue weighted by Crippen LogP contribution is 2.30. The number of H-pyrrole nitrogens is 1. The van der Waals surface area contributed by atoms with Crippen molar-refractivity contribution in [3.63, 3.8) is 0 Å². The van der Waals surface area contributed by atoms with Crippen LogP contribution >= 0.6 is 0 Å². The van der Waals surface area contributed by atoms with Crippen molar-refractivity contribution in [1.82, 2.24) is 20.4 Å². The van der Waals surface area contributed by atoms with E-state index in [0.29, 0.717) is 6.42 Å². The van der Waals surface area contributed by atoms with Crippen molar-refractivity contribution in [2.24, 2.45) is 11.8 Å². The summed E-state index contributed by atoms with van der Waals surface area (Å²) in [6.07, 6.45) is 7.14. The van der Waals surface area contributed by atoms with E-state index in [0.717, 1.165) is 30.6 Å². The number of hydrogen-bond donors (Lipinski definition) is 2. The Labute approximate surface area is 120 Å². The summed E-state index contributed by atoms with van der Waals surface area (Å²) in [5, 5.41) is 10.2. The van der Waals surface area contributed by atoms with Crippen molar-refractivity contribution in [2.45, 2.75) is 32.1 Å². The molecule has 2 N–H and O–H groups in total. The van der Waals surface area contributed by atoms with Crippen molar-refractivity contribution in [3.05, 3.63) is 18.0 Å². The van der Waals surface area contributed by atoms with E-state index in [1.807, 2.05) is 11.0 Å². The van der Waals surface area contributed by atoms with Gasteiger partial charge in [0.1, 0.15) is 0 Å². The van der Waals surface area contributed by atoms with Crippen LogP contribution in [-0.2, 0) is 11.2 Å². The fraction of sp³-hybridized carbons (Fsp3) is 0.733. The first-order chi connectivity index (χ1) is 9.83. The van der Waals surface area contributed by atoms with Crippen LogP contribution in [-0.4, -0.2) is 47.2 Å². The van der Waals surface area contributed by atoms with Gasteiger partial charge in [-0.05, 0) is 56.7 Å². The number of nitrogens with zero attached hydrogens (tertiary/aromatic N) is 2. The summed E-state index contributed by atoms with van der Waals surface area (Å²) in [4.78, 5) is 14.2. The molecule has 5 heteroatoms. The van der Waals surface area contributed by atoms with Gasteiger partial charge < -0.3 is 10.2 Å². The first kappa shape index (κ1) is 13.6. The largest absolute Gasteiger partial charge is 0.342 e. The molecule has 0 spiro atoms. The molecule has 0 saturated carbocycles. The molecule has 5 nitrogen and oxygen atoms in total. The Balaban J connectivity index is 1.46. The third-order valence-electron chi connectivity index (χ3n) is 4.84. The van der Waals surface area contributed by atoms with Crippen molar-refractivity contribution < 1.29 is 4.79 Å². The number of aromatic nitrogens is 2. The van der Waals surface area contributed by atoms with Crippen molar-refractivity contribution >= 4 is 5.91 Å². The predicted octanol–water partition coefficient (Wildman–Crippen LogP) is 1.19. The first-order valence-electron chi connectivity index (χ1n) is 7.79. The third kappa shape index (κ3) is 3.20. The smallest absolute Gasteiger partial charge is 0.228 e. The summed E-state index contributed by atoms with van der Waals surface area (Å²) in [5.41, 5.74) is 0.912. The number of likely N-dealkylation sites (tertiary alicyclic amines) is 1. The molecule has 2 fully saturated rings. The van der Waals surface area contributed by atoms with Crippen molar-refractivity contribution in [1.29, 1.82) is 0 Å². The Kier molecular flexibility index (Phi) is 4.35. The lowest BCUT2D eigenvalue weighted by molar-refractivity contribution is -0.132. The molecule has 0 aromatic carbocycles. The predicted molar refractivity (Wildman–Crippen MR) is 77.2 cm³/mol. The minimum Gasteiger partial charge on any atom is -0.342 e. The molecule has 1 aromatic rings. The van der Waals surface area contributed by atoms with E-state index in [-0.39, 0.29) is 5.91 Å². The molecule has 0 bridgehead atoms. The summed E-state index contributed by atoms with van der Waals surface area (Å²) in [6, 6.07) is 1.87. The Bertz CT molecular complexity index is 417. The van der Waals surface area contributed by atoms with Gasteiger partial charge in [-0.25, -0.2) is 0 Å². The molecule has 3 heterocycles. The molecule has 110 valence electrons. The van der Waals surface area contributed by atoms with Gasteiger partial charge >= 0.3 is 0 Å². The molecule has 2 aliphatic rings. The molecule has 20 heavy (non-hydrogen) atoms. The van der Waals surface area contributed by atoms with Gasteiger partial charge in [0.15, 0.2) is 0 Å². The molecule has 3 rings (SSSR count). The molecular formula is C15H24N4O. The number of carbonyl (C=O) groups excluding carboxylic acids is 1. The van der Waals surface area contributed by atoms with Crippen LogP contribution in [0, 0.1) is 11.8 Å². The summed E-state index contributed by atoms with van der Waals surface area (Å²) < 4.78 is 0. The van der Waals surface area contributed by atoms with E-state index in [1.165, 1.54) is 38.8 Å². The fourth-order valence-electron chi connectivity index (χ4n) is 3.59. The highest BCUT2D eigenvalue weighted by atomic mass is 16.2. The number of aromatic amines is 1. The molecule has 0 aliphatic carbocycles. The molecule has 0 atom stereocenters. The zero-order valence-electron chi connectivity index (χ0n) is 12.0. The van der Waals surface area contributed by atoms with Gasteiger partial charge in [-0.3, -0.25) is 9.89 Å². The summed E-state index contributed by atoms with van der Waals surface area (Å²) >= 11 is 0. The molecule has 1 aromatic heterocycles. The van der Waals surface area contributed by atoms with Gasteiger partial charge in [0.2, 0.25) is 5.91 Å². The standard InChI is InChI=1S/C15H24N4O/c20-15(11-14-3-8-17-18-14)19-9-4-13(5-10-19)12-1-6-16-7-2-12/h3,8,12-13,16H,1-2,4-7,9-11H2,(H,17,18). The minimum absolute atomic E-state index is 0.234. The van der Waals surface area contributed by atoms with Crippen LogP contribution in [0.25, 0.3) is 0 Å². The van der Waals surface area contributed by atoms with E-state index < -0.39 is 0 Å². The highest BCUT2D eigenvalue weighted by Gasteiger charge is 2.29. The van der Waals surface area contributed by atoms with E-state index in [9.17, 15) is 4.79 Å². The topological polar surface area (TPSA) is 61.0 Å². The van der Waals surface area contributed by atoms with Crippen molar-refractivity contribution in [2.75, 3.05) is 26.2 Å². The van der Waals surface area contributed by atoms with Gasteiger partial charge in [-0.15, -0.1) is 0 Å². The number of piperidine rings is 2. The average molecular weight is 276 g/mol. The number of nitrogens with one attached hydrogen (secondary N) is 2. The Morgan fingerprint density at radius 2 is 1.90 bits per heavy atom. The number of rotatable bonds is 3. The maximum absolute atomic E-state index is 12.2. The van der Waals surface area contributed by atoms with Gasteiger partial charge in [-0.1, -0.05) is 0 Å². The Morgan fingerprint density at radius 1 is 1.20 bits per heavy atom. The first-order valence-corrected chi connectivity index (χ1v) is 7.79. The SMILES string of the molecule is O=C(Cc1ccn[nH]1)N1CCC(C2CCNCC2)CC1. The van der Waals surface area contributed by atoms with Gasteiger partial charge in [-0.2, -0.15) is 5.10 Å². The van der Waals surface area contributed by atoms with Crippen LogP contribution in [0.15, 0.2) is 12.3 Å². The fourth-order valence-corrected chi connectivity index (χ4v) is 3.59. The van der Waals surface area contributed by atoms with E-state index in [1.54, 1.807) is 6.20 Å². The van der Waals surface area contributed by atoms with E-state index in [2.05, 4.69) is 15.5 Å². The van der Waals surface area contributed by atoms with Crippen LogP contribution in [0.2, 0.25) is 0 Å². The quantitative estimate of drug-likeness (QED) is 0.872. The zero-order chi connectivity index (χ0) is 13.8. The Hall–Kier alpha value is -1.36. The maximum Gasteiger partial charge on any atom is 0.228 e. The monoisotopic (exact) mass is 276 g/mol. The minimum atomic E-state index is 0.234. The van der Waals surface area contributed by atoms with Gasteiger partial charge in [0.05, 0.1) is 6.42 Å². The highest BCUT2D eigenvalue weighted by molar-refractivity contribution is 5.78. The maximum atomic E-state index is 12.2. The van der Waals surface area contributed by atoms with Crippen LogP contribution in [0.5, 0.6) is 0 Å². The van der Waals surface area contributed by atoms with Crippen molar-refractivity contribution in [3.8, 4) is 0 Å². The molecule has 0 radical (unpaired) electrons. The molecule has 2 saturated heterocycles. The third-order valence-corrected chi connectivity index (χ3v) is 4.84. The number of amides is 1. The second-order valence-corrected chi connectivity index (χ2v) is 6.06. The summed E-state index contributed by atoms with van der Waals surface area (Å²) in [5.74, 6) is 1.94. The van der Waals surface area contributed by atoms with Gasteiger partial charge in [0, 0.05) is 25.0 Å². The second-order valence-electron chi connectivity index (χ2n) is 6.06. The number of carbonyl (C=O) groups is 1. The molecule has 1 amide bonds. The lowest BCUT2D eigenvalue weighted by atomic mass is 9.79. The molecule has 2 aliphatic heterocycles. The lowest BCUT2D eigenvalue weighted by Crippen LogP contribution is -2.42. The molecular weight excluding hydrogens is 252 g/mol. The van der Waals surface area contributed by atoms with E-state index >= 15 is 0 Å². The lowest BCUT2D eigenvalue weighted by Gasteiger charge is -2.37. The van der Waals surface area contributed by atoms with Crippen LogP contribution in [0.1, 0.15) is 31.4 Å². The Morgan fingerprint density at radius 3 is 2.55 bits per heavy atom. The van der Waals surface area contributed by atoms with Crippen LogP contribution in [0.3, 0.4) is 0 Å². The molecule has 0 unspecified atom stereocenters. The van der Waals surface area contributed by atoms with Crippen LogP contribution < -0.4 is 5.32 Å². The second kappa shape index (κ2) is 6.39. The number of hydrogen-bond acceptors (Lipinski definition) is 3. The van der Waals surface area contributed by atoms with Gasteiger partial charge in [0.25, 0.3) is 0 Å². The normalized spacial score (nSPS) is 22.1. The summed E-state index contributed by atoms with van der Waals surface area (Å²) in [7, 11) is 0. The van der Waals surface area contributed by atoms with E-state index in [4.69, 9.17) is 0 Å². The summed E-state index contributed by atoms with van der Waals surface area (Å²) in [6.45, 7) is 4.20. The van der Waals surface area contributed by atoms with Crippen LogP contribution in [0.4, 0.5) is 0 Å². The zero-order valence-corrected chi connectivity index (χ0v) is 12.0. The average Bonchev–Trinajstić information content (AvgIpc) is 3.01.